The molecule has 1 rings (SSSR count). The summed E-state index contributed by atoms with van der Waals surface area (Å²) in [6.45, 7) is 4.64. The number of carbonyl (C=O) groups is 2. The first kappa shape index (κ1) is 16.3. The summed E-state index contributed by atoms with van der Waals surface area (Å²) in [6, 6.07) is 8.68. The molecule has 0 N–H and O–H groups in total. The second kappa shape index (κ2) is 8.39. The van der Waals surface area contributed by atoms with Gasteiger partial charge >= 0.3 is 11.9 Å². The summed E-state index contributed by atoms with van der Waals surface area (Å²) in [5.74, 6) is -1.18. The zero-order valence-electron chi connectivity index (χ0n) is 11.1. The first-order chi connectivity index (χ1) is 9.56. The van der Waals surface area contributed by atoms with Crippen molar-refractivity contribution in [3.05, 3.63) is 43.0 Å². The number of ether oxygens (including phenoxy) is 2. The molecule has 1 aromatic carbocycles. The van der Waals surface area contributed by atoms with E-state index >= 15 is 0 Å². The summed E-state index contributed by atoms with van der Waals surface area (Å²) < 4.78 is 21.6. The predicted molar refractivity (Wildman–Crippen MR) is 74.4 cm³/mol. The van der Waals surface area contributed by atoms with Gasteiger partial charge in [0.2, 0.25) is 5.25 Å². The molecule has 0 amide bonds. The van der Waals surface area contributed by atoms with Crippen LogP contribution in [0.5, 0.6) is 0 Å². The maximum Gasteiger partial charge on any atom is 0.359 e. The SMILES string of the molecule is C=CC(=O)OCCOC(=O)C(C)[S+]([O-])c1ccccc1. The van der Waals surface area contributed by atoms with Gasteiger partial charge in [0.05, 0.1) is 0 Å². The Morgan fingerprint density at radius 3 is 2.50 bits per heavy atom. The van der Waals surface area contributed by atoms with Crippen molar-refractivity contribution in [2.75, 3.05) is 13.2 Å². The Morgan fingerprint density at radius 1 is 1.30 bits per heavy atom. The quantitative estimate of drug-likeness (QED) is 0.329. The molecule has 0 aliphatic rings. The van der Waals surface area contributed by atoms with Gasteiger partial charge in [-0.25, -0.2) is 9.59 Å². The van der Waals surface area contributed by atoms with Gasteiger partial charge in [0.15, 0.2) is 4.90 Å². The fourth-order valence-corrected chi connectivity index (χ4v) is 2.38. The van der Waals surface area contributed by atoms with E-state index in [4.69, 9.17) is 4.74 Å². The van der Waals surface area contributed by atoms with Gasteiger partial charge in [-0.3, -0.25) is 0 Å². The van der Waals surface area contributed by atoms with E-state index in [1.807, 2.05) is 0 Å². The summed E-state index contributed by atoms with van der Waals surface area (Å²) in [5.41, 5.74) is 0. The van der Waals surface area contributed by atoms with Gasteiger partial charge in [-0.1, -0.05) is 24.8 Å². The first-order valence-corrected chi connectivity index (χ1v) is 7.19. The molecule has 0 aliphatic carbocycles. The molecule has 6 heteroatoms. The van der Waals surface area contributed by atoms with E-state index in [1.54, 1.807) is 30.3 Å². The normalized spacial score (nSPS) is 13.1. The van der Waals surface area contributed by atoms with Crippen molar-refractivity contribution in [3.8, 4) is 0 Å². The molecule has 20 heavy (non-hydrogen) atoms. The third kappa shape index (κ3) is 5.07. The predicted octanol–water partition coefficient (Wildman–Crippen LogP) is 1.46. The Hall–Kier alpha value is -1.79. The molecular formula is C14H16O5S. The van der Waals surface area contributed by atoms with E-state index in [0.29, 0.717) is 4.90 Å². The Balaban J connectivity index is 2.39. The Kier molecular flexibility index (Phi) is 6.83. The number of benzene rings is 1. The van der Waals surface area contributed by atoms with Crippen LogP contribution in [0.25, 0.3) is 0 Å². The zero-order valence-corrected chi connectivity index (χ0v) is 11.9. The third-order valence-electron chi connectivity index (χ3n) is 2.37. The lowest BCUT2D eigenvalue weighted by Crippen LogP contribution is -2.30. The molecule has 0 spiro atoms. The highest BCUT2D eigenvalue weighted by Gasteiger charge is 2.28. The molecule has 0 aliphatic heterocycles. The minimum Gasteiger partial charge on any atom is -0.611 e. The summed E-state index contributed by atoms with van der Waals surface area (Å²) in [7, 11) is 0. The molecule has 0 heterocycles. The Bertz CT molecular complexity index is 460. The lowest BCUT2D eigenvalue weighted by Gasteiger charge is -2.16. The van der Waals surface area contributed by atoms with Gasteiger partial charge in [-0.2, -0.15) is 0 Å². The molecule has 0 fully saturated rings. The van der Waals surface area contributed by atoms with Gasteiger partial charge in [-0.05, 0) is 30.2 Å². The maximum absolute atomic E-state index is 12.1. The fourth-order valence-electron chi connectivity index (χ4n) is 1.31. The number of carbonyl (C=O) groups excluding carboxylic acids is 2. The summed E-state index contributed by atoms with van der Waals surface area (Å²) >= 11 is -1.47. The van der Waals surface area contributed by atoms with Crippen molar-refractivity contribution < 1.29 is 23.6 Å². The molecule has 5 nitrogen and oxygen atoms in total. The van der Waals surface area contributed by atoms with Crippen molar-refractivity contribution in [2.45, 2.75) is 17.1 Å². The van der Waals surface area contributed by atoms with Crippen LogP contribution in [0.2, 0.25) is 0 Å². The van der Waals surface area contributed by atoms with Crippen molar-refractivity contribution in [1.82, 2.24) is 0 Å². The molecule has 2 atom stereocenters. The number of esters is 2. The molecule has 0 saturated carbocycles. The minimum absolute atomic E-state index is 0.0543. The van der Waals surface area contributed by atoms with Crippen LogP contribution in [0, 0.1) is 0 Å². The van der Waals surface area contributed by atoms with Crippen LogP contribution in [-0.2, 0) is 30.2 Å². The van der Waals surface area contributed by atoms with E-state index in [1.165, 1.54) is 6.92 Å². The molecular weight excluding hydrogens is 280 g/mol. The zero-order chi connectivity index (χ0) is 15.0. The highest BCUT2D eigenvalue weighted by molar-refractivity contribution is 7.92. The summed E-state index contributed by atoms with van der Waals surface area (Å²) in [5, 5.41) is -0.785. The molecule has 108 valence electrons. The van der Waals surface area contributed by atoms with Crippen molar-refractivity contribution in [1.29, 1.82) is 0 Å². The second-order valence-corrected chi connectivity index (χ2v) is 5.57. The van der Waals surface area contributed by atoms with Crippen molar-refractivity contribution in [2.24, 2.45) is 0 Å². The average Bonchev–Trinajstić information content (AvgIpc) is 2.50. The monoisotopic (exact) mass is 296 g/mol. The molecule has 0 radical (unpaired) electrons. The lowest BCUT2D eigenvalue weighted by atomic mass is 10.4. The van der Waals surface area contributed by atoms with Crippen LogP contribution >= 0.6 is 0 Å². The first-order valence-electron chi connectivity index (χ1n) is 5.97. The summed E-state index contributed by atoms with van der Waals surface area (Å²) in [6.07, 6.45) is 1.02. The van der Waals surface area contributed by atoms with Crippen molar-refractivity contribution in [3.63, 3.8) is 0 Å². The fraction of sp³-hybridized carbons (Fsp3) is 0.286. The van der Waals surface area contributed by atoms with Crippen LogP contribution in [0.3, 0.4) is 0 Å². The van der Waals surface area contributed by atoms with Crippen LogP contribution in [0.4, 0.5) is 0 Å². The molecule has 0 saturated heterocycles. The van der Waals surface area contributed by atoms with E-state index in [9.17, 15) is 14.1 Å². The van der Waals surface area contributed by atoms with Crippen molar-refractivity contribution >= 4 is 23.1 Å². The van der Waals surface area contributed by atoms with Gasteiger partial charge in [-0.15, -0.1) is 0 Å². The maximum atomic E-state index is 12.1. The third-order valence-corrected chi connectivity index (χ3v) is 3.94. The molecule has 1 aromatic rings. The smallest absolute Gasteiger partial charge is 0.359 e. The lowest BCUT2D eigenvalue weighted by molar-refractivity contribution is -0.149. The molecule has 0 aromatic heterocycles. The van der Waals surface area contributed by atoms with Crippen LogP contribution < -0.4 is 0 Å². The molecule has 0 bridgehead atoms. The number of hydrogen-bond acceptors (Lipinski definition) is 5. The largest absolute Gasteiger partial charge is 0.611 e. The average molecular weight is 296 g/mol. The number of hydrogen-bond donors (Lipinski definition) is 0. The Morgan fingerprint density at radius 2 is 1.90 bits per heavy atom. The Labute approximate surface area is 120 Å². The highest BCUT2D eigenvalue weighted by Crippen LogP contribution is 2.16. The van der Waals surface area contributed by atoms with Crippen LogP contribution in [0.1, 0.15) is 6.92 Å². The number of rotatable bonds is 7. The minimum atomic E-state index is -1.47. The topological polar surface area (TPSA) is 75.7 Å². The second-order valence-electron chi connectivity index (χ2n) is 3.79. The van der Waals surface area contributed by atoms with Crippen LogP contribution in [-0.4, -0.2) is 35.0 Å². The standard InChI is InChI=1S/C14H16O5S/c1-3-13(15)18-9-10-19-14(16)11(2)20(17)12-7-5-4-6-8-12/h3-8,11H,1,9-10H2,2H3. The van der Waals surface area contributed by atoms with E-state index in [0.717, 1.165) is 6.08 Å². The van der Waals surface area contributed by atoms with E-state index in [2.05, 4.69) is 11.3 Å². The van der Waals surface area contributed by atoms with Gasteiger partial charge in [0, 0.05) is 6.08 Å². The van der Waals surface area contributed by atoms with Gasteiger partial charge in [0.25, 0.3) is 0 Å². The summed E-state index contributed by atoms with van der Waals surface area (Å²) in [4.78, 5) is 23.0. The van der Waals surface area contributed by atoms with Gasteiger partial charge in [0.1, 0.15) is 13.2 Å². The molecule has 2 unspecified atom stereocenters. The van der Waals surface area contributed by atoms with Gasteiger partial charge < -0.3 is 14.0 Å². The highest BCUT2D eigenvalue weighted by atomic mass is 32.2. The van der Waals surface area contributed by atoms with Crippen LogP contribution in [0.15, 0.2) is 47.9 Å². The van der Waals surface area contributed by atoms with E-state index < -0.39 is 28.4 Å². The van der Waals surface area contributed by atoms with E-state index in [-0.39, 0.29) is 13.2 Å².